The molecule has 0 bridgehead atoms. The van der Waals surface area contributed by atoms with E-state index in [0.717, 1.165) is 31.5 Å². The maximum Gasteiger partial charge on any atom is 0.235 e. The molecule has 3 rings (SSSR count). The summed E-state index contributed by atoms with van der Waals surface area (Å²) in [5.41, 5.74) is 1.13. The molecule has 1 heterocycles. The van der Waals surface area contributed by atoms with E-state index in [1.807, 2.05) is 18.2 Å². The first-order valence-electron chi connectivity index (χ1n) is 9.89. The molecular formula is C22H27ClN2O3S. The van der Waals surface area contributed by atoms with Gasteiger partial charge in [0.1, 0.15) is 5.75 Å². The Morgan fingerprint density at radius 3 is 2.34 bits per heavy atom. The monoisotopic (exact) mass is 434 g/mol. The average Bonchev–Trinajstić information content (AvgIpc) is 2.70. The minimum absolute atomic E-state index is 0.0332. The largest absolute Gasteiger partial charge is 0.353 e. The van der Waals surface area contributed by atoms with Gasteiger partial charge in [-0.15, -0.1) is 0 Å². The molecule has 0 aromatic heterocycles. The molecule has 1 N–H and O–H groups in total. The Labute approximate surface area is 178 Å². The van der Waals surface area contributed by atoms with Crippen LogP contribution in [0.3, 0.4) is 0 Å². The lowest BCUT2D eigenvalue weighted by Gasteiger charge is -2.37. The van der Waals surface area contributed by atoms with Gasteiger partial charge in [-0.25, -0.2) is 8.42 Å². The minimum Gasteiger partial charge on any atom is -0.353 e. The van der Waals surface area contributed by atoms with Crippen LogP contribution < -0.4 is 5.32 Å². The fourth-order valence-electron chi connectivity index (χ4n) is 3.63. The minimum atomic E-state index is -3.71. The van der Waals surface area contributed by atoms with Gasteiger partial charge < -0.3 is 5.32 Å². The number of amides is 1. The standard InChI is InChI=1S/C22H27ClN2O3S/c1-17-11-13-25(14-12-17)21(18-5-3-2-4-6-18)15-24-22(26)16-29(27,28)20-9-7-19(23)8-10-20/h2-10,17,21H,11-16H2,1H3,(H,24,26). The number of carbonyl (C=O) groups excluding carboxylic acids is 1. The summed E-state index contributed by atoms with van der Waals surface area (Å²) < 4.78 is 25.0. The lowest BCUT2D eigenvalue weighted by Crippen LogP contribution is -2.43. The highest BCUT2D eigenvalue weighted by molar-refractivity contribution is 7.92. The Hall–Kier alpha value is -1.89. The molecule has 1 unspecified atom stereocenters. The van der Waals surface area contributed by atoms with Gasteiger partial charge in [0.2, 0.25) is 5.91 Å². The molecule has 1 aliphatic rings. The number of nitrogens with zero attached hydrogens (tertiary/aromatic N) is 1. The lowest BCUT2D eigenvalue weighted by atomic mass is 9.95. The molecular weight excluding hydrogens is 408 g/mol. The van der Waals surface area contributed by atoms with Crippen LogP contribution in [-0.4, -0.2) is 44.6 Å². The number of piperidine rings is 1. The smallest absolute Gasteiger partial charge is 0.235 e. The van der Waals surface area contributed by atoms with Gasteiger partial charge >= 0.3 is 0 Å². The Balaban J connectivity index is 1.65. The van der Waals surface area contributed by atoms with Gasteiger partial charge in [0, 0.05) is 11.6 Å². The maximum absolute atomic E-state index is 12.5. The third-order valence-corrected chi connectivity index (χ3v) is 7.31. The molecule has 2 aromatic rings. The van der Waals surface area contributed by atoms with Crippen LogP contribution >= 0.6 is 11.6 Å². The lowest BCUT2D eigenvalue weighted by molar-refractivity contribution is -0.118. The van der Waals surface area contributed by atoms with E-state index >= 15 is 0 Å². The molecule has 2 aromatic carbocycles. The third kappa shape index (κ3) is 6.04. The second-order valence-corrected chi connectivity index (χ2v) is 10.1. The molecule has 5 nitrogen and oxygen atoms in total. The summed E-state index contributed by atoms with van der Waals surface area (Å²) in [4.78, 5) is 14.9. The Morgan fingerprint density at radius 1 is 1.10 bits per heavy atom. The number of benzene rings is 2. The molecule has 0 spiro atoms. The first-order chi connectivity index (χ1) is 13.8. The summed E-state index contributed by atoms with van der Waals surface area (Å²) in [7, 11) is -3.71. The Kier molecular flexibility index (Phi) is 7.33. The number of hydrogen-bond donors (Lipinski definition) is 1. The van der Waals surface area contributed by atoms with Crippen molar-refractivity contribution in [3.63, 3.8) is 0 Å². The molecule has 1 amide bonds. The van der Waals surface area contributed by atoms with Gasteiger partial charge in [0.05, 0.1) is 10.9 Å². The number of halogens is 1. The van der Waals surface area contributed by atoms with Crippen molar-refractivity contribution in [2.24, 2.45) is 5.92 Å². The number of nitrogens with one attached hydrogen (secondary N) is 1. The van der Waals surface area contributed by atoms with Crippen LogP contribution in [0.5, 0.6) is 0 Å². The zero-order valence-electron chi connectivity index (χ0n) is 16.6. The second-order valence-electron chi connectivity index (χ2n) is 7.66. The molecule has 0 saturated carbocycles. The van der Waals surface area contributed by atoms with Crippen LogP contribution in [-0.2, 0) is 14.6 Å². The fourth-order valence-corrected chi connectivity index (χ4v) is 4.92. The van der Waals surface area contributed by atoms with Gasteiger partial charge in [0.25, 0.3) is 0 Å². The normalized spacial score (nSPS) is 17.0. The van der Waals surface area contributed by atoms with E-state index < -0.39 is 21.5 Å². The van der Waals surface area contributed by atoms with Crippen molar-refractivity contribution in [2.45, 2.75) is 30.7 Å². The van der Waals surface area contributed by atoms with Gasteiger partial charge in [-0.3, -0.25) is 9.69 Å². The summed E-state index contributed by atoms with van der Waals surface area (Å²) in [5.74, 6) is -0.360. The summed E-state index contributed by atoms with van der Waals surface area (Å²) in [6.07, 6.45) is 2.25. The topological polar surface area (TPSA) is 66.5 Å². The highest BCUT2D eigenvalue weighted by Crippen LogP contribution is 2.26. The predicted molar refractivity (Wildman–Crippen MR) is 116 cm³/mol. The van der Waals surface area contributed by atoms with Crippen LogP contribution in [0, 0.1) is 5.92 Å². The fraction of sp³-hybridized carbons (Fsp3) is 0.409. The number of carbonyl (C=O) groups is 1. The van der Waals surface area contributed by atoms with E-state index in [0.29, 0.717) is 17.5 Å². The molecule has 0 radical (unpaired) electrons. The average molecular weight is 435 g/mol. The van der Waals surface area contributed by atoms with Crippen molar-refractivity contribution in [2.75, 3.05) is 25.4 Å². The number of likely N-dealkylation sites (tertiary alicyclic amines) is 1. The van der Waals surface area contributed by atoms with Crippen LogP contribution in [0.2, 0.25) is 5.02 Å². The van der Waals surface area contributed by atoms with Crippen molar-refractivity contribution in [3.8, 4) is 0 Å². The van der Waals surface area contributed by atoms with Crippen molar-refractivity contribution in [3.05, 3.63) is 65.2 Å². The van der Waals surface area contributed by atoms with Crippen molar-refractivity contribution in [1.29, 1.82) is 0 Å². The molecule has 1 atom stereocenters. The first kappa shape index (κ1) is 21.8. The number of hydrogen-bond acceptors (Lipinski definition) is 4. The van der Waals surface area contributed by atoms with E-state index in [2.05, 4.69) is 29.3 Å². The van der Waals surface area contributed by atoms with E-state index in [-0.39, 0.29) is 10.9 Å². The van der Waals surface area contributed by atoms with Gasteiger partial charge in [-0.1, -0.05) is 48.9 Å². The zero-order chi connectivity index (χ0) is 20.9. The molecule has 1 saturated heterocycles. The SMILES string of the molecule is CC1CCN(C(CNC(=O)CS(=O)(=O)c2ccc(Cl)cc2)c2ccccc2)CC1. The van der Waals surface area contributed by atoms with Crippen LogP contribution in [0.4, 0.5) is 0 Å². The molecule has 1 fully saturated rings. The van der Waals surface area contributed by atoms with Crippen LogP contribution in [0.1, 0.15) is 31.4 Å². The number of sulfone groups is 1. The van der Waals surface area contributed by atoms with Crippen LogP contribution in [0.25, 0.3) is 0 Å². The van der Waals surface area contributed by atoms with Crippen molar-refractivity contribution < 1.29 is 13.2 Å². The highest BCUT2D eigenvalue weighted by Gasteiger charge is 2.26. The van der Waals surface area contributed by atoms with E-state index in [1.54, 1.807) is 0 Å². The number of rotatable bonds is 7. The Morgan fingerprint density at radius 2 is 1.72 bits per heavy atom. The van der Waals surface area contributed by atoms with Gasteiger partial charge in [0.15, 0.2) is 9.84 Å². The van der Waals surface area contributed by atoms with Gasteiger partial charge in [-0.05, 0) is 61.7 Å². The van der Waals surface area contributed by atoms with E-state index in [4.69, 9.17) is 11.6 Å². The molecule has 7 heteroatoms. The summed E-state index contributed by atoms with van der Waals surface area (Å²) in [6, 6.07) is 16.0. The highest BCUT2D eigenvalue weighted by atomic mass is 35.5. The Bertz CT molecular complexity index is 909. The molecule has 156 valence electrons. The van der Waals surface area contributed by atoms with Crippen molar-refractivity contribution in [1.82, 2.24) is 10.2 Å². The third-order valence-electron chi connectivity index (χ3n) is 5.43. The van der Waals surface area contributed by atoms with Crippen LogP contribution in [0.15, 0.2) is 59.5 Å². The molecule has 0 aliphatic carbocycles. The molecule has 29 heavy (non-hydrogen) atoms. The summed E-state index contributed by atoms with van der Waals surface area (Å²) in [6.45, 7) is 4.59. The first-order valence-corrected chi connectivity index (χ1v) is 11.9. The second kappa shape index (κ2) is 9.74. The van der Waals surface area contributed by atoms with E-state index in [1.165, 1.54) is 24.3 Å². The van der Waals surface area contributed by atoms with Crippen molar-refractivity contribution >= 4 is 27.3 Å². The summed E-state index contributed by atoms with van der Waals surface area (Å²) >= 11 is 5.81. The van der Waals surface area contributed by atoms with Gasteiger partial charge in [-0.2, -0.15) is 0 Å². The zero-order valence-corrected chi connectivity index (χ0v) is 18.1. The molecule has 1 aliphatic heterocycles. The maximum atomic E-state index is 12.5. The predicted octanol–water partition coefficient (Wildman–Crippen LogP) is 3.70. The summed E-state index contributed by atoms with van der Waals surface area (Å²) in [5, 5.41) is 3.29. The van der Waals surface area contributed by atoms with E-state index in [9.17, 15) is 13.2 Å². The quantitative estimate of drug-likeness (QED) is 0.721.